The van der Waals surface area contributed by atoms with Crippen LogP contribution in [0.1, 0.15) is 0 Å². The predicted molar refractivity (Wildman–Crippen MR) is 37.4 cm³/mol. The summed E-state index contributed by atoms with van der Waals surface area (Å²) in [4.78, 5) is 11.6. The largest absolute Gasteiger partial charge is 0.465 e. The summed E-state index contributed by atoms with van der Waals surface area (Å²) in [6.45, 7) is 0.738. The van der Waals surface area contributed by atoms with Crippen molar-refractivity contribution in [3.63, 3.8) is 0 Å². The maximum absolute atomic E-state index is 12.0. The molecule has 0 saturated carbocycles. The van der Waals surface area contributed by atoms with Crippen molar-refractivity contribution in [2.24, 2.45) is 0 Å². The molecule has 1 fully saturated rings. The van der Waals surface area contributed by atoms with Gasteiger partial charge in [0.1, 0.15) is 6.67 Å². The fourth-order valence-electron chi connectivity index (χ4n) is 1.10. The molecule has 0 radical (unpaired) electrons. The Hall–Kier alpha value is -0.840. The number of carbonyl (C=O) groups is 1. The Morgan fingerprint density at radius 2 is 2.55 bits per heavy atom. The Kier molecular flexibility index (Phi) is 2.64. The second kappa shape index (κ2) is 3.52. The van der Waals surface area contributed by atoms with Crippen molar-refractivity contribution in [1.82, 2.24) is 10.2 Å². The van der Waals surface area contributed by atoms with E-state index in [1.54, 1.807) is 0 Å². The molecule has 1 aliphatic rings. The molecular weight excluding hydrogens is 151 g/mol. The highest BCUT2D eigenvalue weighted by molar-refractivity contribution is 5.65. The van der Waals surface area contributed by atoms with Crippen molar-refractivity contribution in [2.45, 2.75) is 6.04 Å². The fourth-order valence-corrected chi connectivity index (χ4v) is 1.10. The van der Waals surface area contributed by atoms with E-state index < -0.39 is 12.8 Å². The van der Waals surface area contributed by atoms with Gasteiger partial charge >= 0.3 is 6.09 Å². The van der Waals surface area contributed by atoms with Gasteiger partial charge in [-0.15, -0.1) is 0 Å². The van der Waals surface area contributed by atoms with Crippen molar-refractivity contribution >= 4 is 6.09 Å². The number of alkyl halides is 1. The molecule has 2 N–H and O–H groups in total. The van der Waals surface area contributed by atoms with Crippen LogP contribution in [0.4, 0.5) is 9.18 Å². The third-order valence-electron chi connectivity index (χ3n) is 1.71. The van der Waals surface area contributed by atoms with Crippen LogP contribution in [0.5, 0.6) is 0 Å². The maximum atomic E-state index is 12.0. The average Bonchev–Trinajstić information content (AvgIpc) is 2.05. The summed E-state index contributed by atoms with van der Waals surface area (Å²) in [6.07, 6.45) is -0.968. The molecule has 0 spiro atoms. The first-order valence-electron chi connectivity index (χ1n) is 3.51. The molecule has 1 rings (SSSR count). The van der Waals surface area contributed by atoms with Crippen molar-refractivity contribution in [2.75, 3.05) is 26.3 Å². The van der Waals surface area contributed by atoms with E-state index in [4.69, 9.17) is 5.11 Å². The number of rotatable bonds is 1. The van der Waals surface area contributed by atoms with Crippen LogP contribution < -0.4 is 5.32 Å². The Morgan fingerprint density at radius 3 is 3.09 bits per heavy atom. The van der Waals surface area contributed by atoms with Gasteiger partial charge in [0.2, 0.25) is 0 Å². The quantitative estimate of drug-likeness (QED) is 0.566. The van der Waals surface area contributed by atoms with Crippen LogP contribution in [0.15, 0.2) is 0 Å². The summed E-state index contributed by atoms with van der Waals surface area (Å²) in [5, 5.41) is 11.4. The molecule has 0 aromatic rings. The number of nitrogens with zero attached hydrogens (tertiary/aromatic N) is 1. The van der Waals surface area contributed by atoms with Crippen LogP contribution in [0.25, 0.3) is 0 Å². The van der Waals surface area contributed by atoms with E-state index in [0.717, 1.165) is 0 Å². The van der Waals surface area contributed by atoms with Gasteiger partial charge in [-0.2, -0.15) is 0 Å². The van der Waals surface area contributed by atoms with Crippen molar-refractivity contribution in [3.8, 4) is 0 Å². The molecule has 1 unspecified atom stereocenters. The zero-order chi connectivity index (χ0) is 8.27. The molecule has 1 saturated heterocycles. The third kappa shape index (κ3) is 2.04. The van der Waals surface area contributed by atoms with Crippen molar-refractivity contribution in [3.05, 3.63) is 0 Å². The zero-order valence-corrected chi connectivity index (χ0v) is 6.09. The lowest BCUT2D eigenvalue weighted by molar-refractivity contribution is 0.124. The van der Waals surface area contributed by atoms with Crippen molar-refractivity contribution < 1.29 is 14.3 Å². The van der Waals surface area contributed by atoms with E-state index >= 15 is 0 Å². The molecule has 11 heavy (non-hydrogen) atoms. The smallest absolute Gasteiger partial charge is 0.407 e. The van der Waals surface area contributed by atoms with Gasteiger partial charge in [-0.25, -0.2) is 9.18 Å². The number of hydrogen-bond acceptors (Lipinski definition) is 2. The maximum Gasteiger partial charge on any atom is 0.407 e. The van der Waals surface area contributed by atoms with E-state index in [0.29, 0.717) is 13.1 Å². The van der Waals surface area contributed by atoms with Gasteiger partial charge in [-0.3, -0.25) is 0 Å². The molecule has 64 valence electrons. The second-order valence-corrected chi connectivity index (χ2v) is 2.53. The Morgan fingerprint density at radius 1 is 1.82 bits per heavy atom. The van der Waals surface area contributed by atoms with Gasteiger partial charge in [0, 0.05) is 19.6 Å². The number of amides is 1. The van der Waals surface area contributed by atoms with Crippen molar-refractivity contribution in [1.29, 1.82) is 0 Å². The van der Waals surface area contributed by atoms with Gasteiger partial charge < -0.3 is 15.3 Å². The van der Waals surface area contributed by atoms with Crippen LogP contribution in [0.3, 0.4) is 0 Å². The SMILES string of the molecule is O=C(O)N1CCNC(CF)C1. The molecular formula is C6H11FN2O2. The first-order valence-corrected chi connectivity index (χ1v) is 3.51. The Labute approximate surface area is 64.0 Å². The molecule has 1 aliphatic heterocycles. The van der Waals surface area contributed by atoms with Gasteiger partial charge in [0.15, 0.2) is 0 Å². The minimum atomic E-state index is -0.968. The zero-order valence-electron chi connectivity index (χ0n) is 6.09. The molecule has 1 amide bonds. The third-order valence-corrected chi connectivity index (χ3v) is 1.71. The fraction of sp³-hybridized carbons (Fsp3) is 0.833. The lowest BCUT2D eigenvalue weighted by atomic mass is 10.2. The number of nitrogens with one attached hydrogen (secondary N) is 1. The number of hydrogen-bond donors (Lipinski definition) is 2. The molecule has 1 atom stereocenters. The molecule has 0 aliphatic carbocycles. The highest BCUT2D eigenvalue weighted by Gasteiger charge is 2.21. The topological polar surface area (TPSA) is 52.6 Å². The summed E-state index contributed by atoms with van der Waals surface area (Å²) in [5.74, 6) is 0. The molecule has 1 heterocycles. The summed E-state index contributed by atoms with van der Waals surface area (Å²) >= 11 is 0. The summed E-state index contributed by atoms with van der Waals surface area (Å²) in [5.41, 5.74) is 0. The van der Waals surface area contributed by atoms with E-state index in [2.05, 4.69) is 5.32 Å². The molecule has 0 bridgehead atoms. The second-order valence-electron chi connectivity index (χ2n) is 2.53. The van der Waals surface area contributed by atoms with Crippen LogP contribution >= 0.6 is 0 Å². The van der Waals surface area contributed by atoms with Gasteiger partial charge in [-0.05, 0) is 0 Å². The molecule has 5 heteroatoms. The summed E-state index contributed by atoms with van der Waals surface area (Å²) < 4.78 is 12.0. The number of carboxylic acid groups (broad SMARTS) is 1. The van der Waals surface area contributed by atoms with E-state index in [-0.39, 0.29) is 12.6 Å². The normalized spacial score (nSPS) is 25.2. The highest BCUT2D eigenvalue weighted by Crippen LogP contribution is 1.99. The molecule has 0 aromatic heterocycles. The average molecular weight is 162 g/mol. The summed E-state index contributed by atoms with van der Waals surface area (Å²) in [7, 11) is 0. The van der Waals surface area contributed by atoms with E-state index in [9.17, 15) is 9.18 Å². The standard InChI is InChI=1S/C6H11FN2O2/c7-3-5-4-9(6(10)11)2-1-8-5/h5,8H,1-4H2,(H,10,11). The van der Waals surface area contributed by atoms with Gasteiger partial charge in [0.05, 0.1) is 6.04 Å². The molecule has 0 aromatic carbocycles. The van der Waals surface area contributed by atoms with E-state index in [1.165, 1.54) is 4.90 Å². The highest BCUT2D eigenvalue weighted by atomic mass is 19.1. The lowest BCUT2D eigenvalue weighted by Gasteiger charge is -2.29. The van der Waals surface area contributed by atoms with Crippen LogP contribution in [0.2, 0.25) is 0 Å². The van der Waals surface area contributed by atoms with Crippen LogP contribution in [-0.2, 0) is 0 Å². The van der Waals surface area contributed by atoms with Gasteiger partial charge in [-0.1, -0.05) is 0 Å². The first-order chi connectivity index (χ1) is 5.24. The number of halogens is 1. The van der Waals surface area contributed by atoms with Crippen LogP contribution in [0, 0.1) is 0 Å². The van der Waals surface area contributed by atoms with Gasteiger partial charge in [0.25, 0.3) is 0 Å². The number of piperazine rings is 1. The minimum Gasteiger partial charge on any atom is -0.465 e. The lowest BCUT2D eigenvalue weighted by Crippen LogP contribution is -2.53. The van der Waals surface area contributed by atoms with E-state index in [1.807, 2.05) is 0 Å². The Balaban J connectivity index is 2.39. The monoisotopic (exact) mass is 162 g/mol. The minimum absolute atomic E-state index is 0.256. The first kappa shape index (κ1) is 8.26. The molecule has 4 nitrogen and oxygen atoms in total. The predicted octanol–water partition coefficient (Wildman–Crippen LogP) is -0.0923. The van der Waals surface area contributed by atoms with Crippen LogP contribution in [-0.4, -0.2) is 48.5 Å². The Bertz CT molecular complexity index is 154. The summed E-state index contributed by atoms with van der Waals surface area (Å²) in [6, 6.07) is -0.320.